The number of amides is 1. The lowest BCUT2D eigenvalue weighted by Crippen LogP contribution is -2.43. The fraction of sp³-hybridized carbons (Fsp3) is 0.296. The molecule has 4 rings (SSSR count). The van der Waals surface area contributed by atoms with Crippen molar-refractivity contribution in [2.45, 2.75) is 36.5 Å². The predicted octanol–water partition coefficient (Wildman–Crippen LogP) is 4.15. The number of nitrogens with one attached hydrogen (secondary N) is 2. The zero-order valence-electron chi connectivity index (χ0n) is 21.5. The fourth-order valence-electron chi connectivity index (χ4n) is 4.37. The largest absolute Gasteiger partial charge is 0.497 e. The number of methoxy groups -OCH3 is 1. The number of carbonyl (C=O) groups is 1. The highest BCUT2D eigenvalue weighted by atomic mass is 32.2. The fourth-order valence-corrected chi connectivity index (χ4v) is 7.02. The number of hydrogen-bond donors (Lipinski definition) is 2. The van der Waals surface area contributed by atoms with Crippen molar-refractivity contribution in [3.8, 4) is 5.75 Å². The highest BCUT2D eigenvalue weighted by molar-refractivity contribution is 7.92. The molecule has 1 unspecified atom stereocenters. The number of benzene rings is 3. The van der Waals surface area contributed by atoms with E-state index in [9.17, 15) is 21.6 Å². The number of anilines is 2. The van der Waals surface area contributed by atoms with Gasteiger partial charge in [0.15, 0.2) is 0 Å². The van der Waals surface area contributed by atoms with E-state index in [1.54, 1.807) is 18.2 Å². The quantitative estimate of drug-likeness (QED) is 0.429. The molecule has 1 aliphatic heterocycles. The van der Waals surface area contributed by atoms with Gasteiger partial charge in [0.2, 0.25) is 15.9 Å². The Kier molecular flexibility index (Phi) is 8.10. The minimum absolute atomic E-state index is 0.0601. The maximum absolute atomic E-state index is 13.1. The molecule has 9 nitrogen and oxygen atoms in total. The van der Waals surface area contributed by atoms with E-state index in [1.165, 1.54) is 47.8 Å². The van der Waals surface area contributed by atoms with E-state index in [1.807, 2.05) is 26.0 Å². The smallest absolute Gasteiger partial charge is 0.261 e. The SMILES string of the molecule is COc1ccc(S(=O)(=O)N2CCCC(C(=O)Nc3ccc(S(=O)(=O)Nc4ccc(C)cc4C)cc3)C2)cc1. The molecule has 3 aromatic carbocycles. The van der Waals surface area contributed by atoms with Crippen LogP contribution in [-0.2, 0) is 24.8 Å². The minimum Gasteiger partial charge on any atom is -0.497 e. The number of aryl methyl sites for hydroxylation is 2. The van der Waals surface area contributed by atoms with Crippen molar-refractivity contribution in [3.05, 3.63) is 77.9 Å². The van der Waals surface area contributed by atoms with Crippen LogP contribution in [0, 0.1) is 19.8 Å². The Morgan fingerprint density at radius 1 is 0.921 bits per heavy atom. The molecule has 0 spiro atoms. The van der Waals surface area contributed by atoms with Gasteiger partial charge in [0, 0.05) is 18.8 Å². The van der Waals surface area contributed by atoms with Crippen molar-refractivity contribution in [2.75, 3.05) is 30.2 Å². The Balaban J connectivity index is 1.41. The number of nitrogens with zero attached hydrogens (tertiary/aromatic N) is 1. The Hall–Kier alpha value is -3.41. The normalized spacial score (nSPS) is 16.6. The summed E-state index contributed by atoms with van der Waals surface area (Å²) in [5, 5.41) is 2.79. The molecule has 0 radical (unpaired) electrons. The summed E-state index contributed by atoms with van der Waals surface area (Å²) in [6, 6.07) is 17.5. The van der Waals surface area contributed by atoms with Gasteiger partial charge in [0.1, 0.15) is 5.75 Å². The number of piperidine rings is 1. The molecule has 11 heteroatoms. The standard InChI is InChI=1S/C27H31N3O6S2/c1-19-6-15-26(20(2)17-19)29-37(32,33)24-11-7-22(8-12-24)28-27(31)21-5-4-16-30(18-21)38(34,35)25-13-9-23(36-3)10-14-25/h6-15,17,21,29H,4-5,16,18H2,1-3H3,(H,28,31). The van der Waals surface area contributed by atoms with Crippen LogP contribution in [0.5, 0.6) is 5.75 Å². The molecule has 1 heterocycles. The lowest BCUT2D eigenvalue weighted by Gasteiger charge is -2.31. The molecular formula is C27H31N3O6S2. The van der Waals surface area contributed by atoms with Gasteiger partial charge in [-0.25, -0.2) is 16.8 Å². The van der Waals surface area contributed by atoms with Crippen LogP contribution in [0.15, 0.2) is 76.5 Å². The van der Waals surface area contributed by atoms with Crippen LogP contribution in [0.25, 0.3) is 0 Å². The summed E-state index contributed by atoms with van der Waals surface area (Å²) in [7, 11) is -6.06. The lowest BCUT2D eigenvalue weighted by atomic mass is 9.99. The molecule has 3 aromatic rings. The molecule has 2 N–H and O–H groups in total. The van der Waals surface area contributed by atoms with Gasteiger partial charge in [0.25, 0.3) is 10.0 Å². The predicted molar refractivity (Wildman–Crippen MR) is 146 cm³/mol. The number of carbonyl (C=O) groups excluding carboxylic acids is 1. The van der Waals surface area contributed by atoms with Crippen LogP contribution < -0.4 is 14.8 Å². The number of ether oxygens (including phenoxy) is 1. The molecule has 1 saturated heterocycles. The summed E-state index contributed by atoms with van der Waals surface area (Å²) in [6.07, 6.45) is 1.10. The zero-order valence-corrected chi connectivity index (χ0v) is 23.1. The Bertz CT molecular complexity index is 1520. The van der Waals surface area contributed by atoms with Crippen molar-refractivity contribution < 1.29 is 26.4 Å². The highest BCUT2D eigenvalue weighted by Crippen LogP contribution is 2.27. The van der Waals surface area contributed by atoms with Crippen molar-refractivity contribution in [1.82, 2.24) is 4.31 Å². The zero-order chi connectivity index (χ0) is 27.5. The maximum Gasteiger partial charge on any atom is 0.261 e. The topological polar surface area (TPSA) is 122 Å². The second kappa shape index (κ2) is 11.1. The molecule has 202 valence electrons. The monoisotopic (exact) mass is 557 g/mol. The van der Waals surface area contributed by atoms with Crippen LogP contribution in [0.4, 0.5) is 11.4 Å². The third kappa shape index (κ3) is 6.17. The Morgan fingerprint density at radius 2 is 1.58 bits per heavy atom. The summed E-state index contributed by atoms with van der Waals surface area (Å²) < 4.78 is 60.9. The third-order valence-corrected chi connectivity index (χ3v) is 9.77. The molecule has 0 saturated carbocycles. The van der Waals surface area contributed by atoms with E-state index < -0.39 is 26.0 Å². The highest BCUT2D eigenvalue weighted by Gasteiger charge is 2.33. The number of sulfonamides is 2. The second-order valence-electron chi connectivity index (χ2n) is 9.32. The van der Waals surface area contributed by atoms with Crippen molar-refractivity contribution in [3.63, 3.8) is 0 Å². The van der Waals surface area contributed by atoms with E-state index in [4.69, 9.17) is 4.74 Å². The lowest BCUT2D eigenvalue weighted by molar-refractivity contribution is -0.120. The molecule has 0 aromatic heterocycles. The van der Waals surface area contributed by atoms with Crippen LogP contribution in [0.1, 0.15) is 24.0 Å². The Labute approximate surface area is 223 Å². The summed E-state index contributed by atoms with van der Waals surface area (Å²) in [5.41, 5.74) is 2.77. The van der Waals surface area contributed by atoms with Gasteiger partial charge < -0.3 is 10.1 Å². The van der Waals surface area contributed by atoms with E-state index in [-0.39, 0.29) is 22.2 Å². The van der Waals surface area contributed by atoms with Crippen LogP contribution in [0.2, 0.25) is 0 Å². The van der Waals surface area contributed by atoms with Gasteiger partial charge in [-0.2, -0.15) is 4.31 Å². The maximum atomic E-state index is 13.1. The van der Waals surface area contributed by atoms with Crippen LogP contribution >= 0.6 is 0 Å². The first-order chi connectivity index (χ1) is 18.0. The molecule has 1 amide bonds. The van der Waals surface area contributed by atoms with Gasteiger partial charge in [-0.05, 0) is 86.8 Å². The average molecular weight is 558 g/mol. The molecule has 0 bridgehead atoms. The molecule has 1 atom stereocenters. The van der Waals surface area contributed by atoms with Crippen molar-refractivity contribution in [2.24, 2.45) is 5.92 Å². The summed E-state index contributed by atoms with van der Waals surface area (Å²) >= 11 is 0. The molecular weight excluding hydrogens is 526 g/mol. The van der Waals surface area contributed by atoms with Gasteiger partial charge in [-0.1, -0.05) is 17.7 Å². The number of hydrogen-bond acceptors (Lipinski definition) is 6. The van der Waals surface area contributed by atoms with E-state index in [2.05, 4.69) is 10.0 Å². The molecule has 38 heavy (non-hydrogen) atoms. The van der Waals surface area contributed by atoms with Crippen molar-refractivity contribution in [1.29, 1.82) is 0 Å². The molecule has 1 fully saturated rings. The summed E-state index contributed by atoms with van der Waals surface area (Å²) in [4.78, 5) is 13.2. The van der Waals surface area contributed by atoms with Gasteiger partial charge >= 0.3 is 0 Å². The van der Waals surface area contributed by atoms with Crippen molar-refractivity contribution >= 4 is 37.3 Å². The summed E-state index contributed by atoms with van der Waals surface area (Å²) in [6.45, 7) is 4.16. The van der Waals surface area contributed by atoms with Gasteiger partial charge in [-0.3, -0.25) is 9.52 Å². The minimum atomic E-state index is -3.81. The first-order valence-electron chi connectivity index (χ1n) is 12.1. The van der Waals surface area contributed by atoms with Gasteiger partial charge in [0.05, 0.1) is 28.5 Å². The van der Waals surface area contributed by atoms with Crippen LogP contribution in [-0.4, -0.2) is 47.2 Å². The molecule has 0 aliphatic carbocycles. The number of rotatable bonds is 8. The Morgan fingerprint density at radius 3 is 2.21 bits per heavy atom. The third-order valence-electron chi connectivity index (χ3n) is 6.51. The van der Waals surface area contributed by atoms with E-state index >= 15 is 0 Å². The van der Waals surface area contributed by atoms with E-state index in [0.717, 1.165) is 11.1 Å². The molecule has 1 aliphatic rings. The van der Waals surface area contributed by atoms with Crippen LogP contribution in [0.3, 0.4) is 0 Å². The second-order valence-corrected chi connectivity index (χ2v) is 12.9. The van der Waals surface area contributed by atoms with E-state index in [0.29, 0.717) is 36.5 Å². The average Bonchev–Trinajstić information content (AvgIpc) is 2.90. The van der Waals surface area contributed by atoms with Gasteiger partial charge in [-0.15, -0.1) is 0 Å². The first kappa shape index (κ1) is 27.6. The first-order valence-corrected chi connectivity index (χ1v) is 15.1. The summed E-state index contributed by atoms with van der Waals surface area (Å²) in [5.74, 6) is -0.297.